The zero-order valence-corrected chi connectivity index (χ0v) is 51.2. The number of anilines is 4. The molecule has 0 saturated heterocycles. The highest BCUT2D eigenvalue weighted by atomic mass is 19.1. The Morgan fingerprint density at radius 2 is 0.988 bits per heavy atom. The highest BCUT2D eigenvalue weighted by molar-refractivity contribution is 6.09. The monoisotopic (exact) mass is 1080 g/mol. The second-order valence-corrected chi connectivity index (χ2v) is 27.7. The predicted molar refractivity (Wildman–Crippen MR) is 346 cm³/mol. The zero-order valence-electron chi connectivity index (χ0n) is 51.2. The minimum Gasteiger partial charge on any atom is -0.457 e. The van der Waals surface area contributed by atoms with E-state index in [1.54, 1.807) is 12.1 Å². The molecular formula is C76H81FN4O. The number of fused-ring (bicyclic) bond motifs is 4. The van der Waals surface area contributed by atoms with Gasteiger partial charge >= 0.3 is 0 Å². The van der Waals surface area contributed by atoms with Crippen molar-refractivity contribution in [1.29, 1.82) is 0 Å². The van der Waals surface area contributed by atoms with Gasteiger partial charge in [0.2, 0.25) is 0 Å². The normalized spacial score (nSPS) is 13.3. The Hall–Kier alpha value is -7.96. The van der Waals surface area contributed by atoms with E-state index in [2.05, 4.69) is 271 Å². The summed E-state index contributed by atoms with van der Waals surface area (Å²) in [5.41, 5.74) is 20.1. The van der Waals surface area contributed by atoms with E-state index in [1.165, 1.54) is 38.9 Å². The summed E-state index contributed by atoms with van der Waals surface area (Å²) < 4.78 is 24.6. The van der Waals surface area contributed by atoms with E-state index in [0.29, 0.717) is 18.5 Å². The maximum atomic E-state index is 15.0. The molecule has 8 aromatic carbocycles. The molecule has 11 rings (SSSR count). The number of halogens is 1. The van der Waals surface area contributed by atoms with Crippen LogP contribution in [0.2, 0.25) is 0 Å². The minimum absolute atomic E-state index is 0.0542. The summed E-state index contributed by atoms with van der Waals surface area (Å²) in [5.74, 6) is 2.72. The Morgan fingerprint density at radius 3 is 1.60 bits per heavy atom. The first-order valence-corrected chi connectivity index (χ1v) is 29.4. The van der Waals surface area contributed by atoms with Gasteiger partial charge in [0, 0.05) is 45.9 Å². The fourth-order valence-corrected chi connectivity index (χ4v) is 11.6. The first kappa shape index (κ1) is 55.9. The highest BCUT2D eigenvalue weighted by Gasteiger charge is 2.34. The topological polar surface area (TPSA) is 33.5 Å². The lowest BCUT2D eigenvalue weighted by atomic mass is 9.79. The molecule has 0 amide bonds. The zero-order chi connectivity index (χ0) is 58.4. The van der Waals surface area contributed by atoms with E-state index >= 15 is 0 Å². The van der Waals surface area contributed by atoms with E-state index in [-0.39, 0.29) is 27.5 Å². The van der Waals surface area contributed by atoms with Crippen LogP contribution in [0, 0.1) is 5.82 Å². The molecular weight excluding hydrogens is 1000 g/mol. The fraction of sp³-hybridized carbons (Fsp3) is 0.303. The number of ether oxygens (including phenoxy) is 1. The van der Waals surface area contributed by atoms with Crippen LogP contribution in [0.25, 0.3) is 61.0 Å². The van der Waals surface area contributed by atoms with Gasteiger partial charge in [0.05, 0.1) is 28.1 Å². The second-order valence-electron chi connectivity index (χ2n) is 27.7. The van der Waals surface area contributed by atoms with Crippen LogP contribution in [0.5, 0.6) is 11.5 Å². The molecule has 0 spiro atoms. The van der Waals surface area contributed by atoms with Crippen LogP contribution >= 0.6 is 0 Å². The Labute approximate surface area is 487 Å². The molecule has 82 heavy (non-hydrogen) atoms. The summed E-state index contributed by atoms with van der Waals surface area (Å²) in [6.07, 6.45) is 1.93. The summed E-state index contributed by atoms with van der Waals surface area (Å²) in [4.78, 5) is 9.92. The van der Waals surface area contributed by atoms with Crippen LogP contribution < -0.4 is 14.5 Å². The third-order valence-corrected chi connectivity index (χ3v) is 16.7. The molecule has 0 bridgehead atoms. The van der Waals surface area contributed by atoms with E-state index in [1.807, 2.05) is 18.3 Å². The molecule has 1 aliphatic rings. The summed E-state index contributed by atoms with van der Waals surface area (Å²) >= 11 is 0. The van der Waals surface area contributed by atoms with Crippen LogP contribution in [-0.2, 0) is 21.7 Å². The molecule has 1 aliphatic heterocycles. The molecule has 10 aromatic rings. The van der Waals surface area contributed by atoms with Gasteiger partial charge in [-0.2, -0.15) is 0 Å². The first-order valence-electron chi connectivity index (χ1n) is 29.4. The van der Waals surface area contributed by atoms with Gasteiger partial charge in [-0.15, -0.1) is 0 Å². The molecule has 0 saturated carbocycles. The Morgan fingerprint density at radius 1 is 0.439 bits per heavy atom. The Bertz CT molecular complexity index is 4000. The molecule has 2 aromatic heterocycles. The van der Waals surface area contributed by atoms with Crippen LogP contribution in [0.3, 0.4) is 0 Å². The Balaban J connectivity index is 1.13. The number of benzene rings is 8. The van der Waals surface area contributed by atoms with Crippen LogP contribution in [0.15, 0.2) is 176 Å². The fourth-order valence-electron chi connectivity index (χ4n) is 11.6. The van der Waals surface area contributed by atoms with E-state index in [9.17, 15) is 4.39 Å². The van der Waals surface area contributed by atoms with Crippen LogP contribution in [0.1, 0.15) is 156 Å². The molecule has 6 heteroatoms. The third-order valence-electron chi connectivity index (χ3n) is 16.7. The summed E-state index contributed by atoms with van der Waals surface area (Å²) in [6.45, 7) is 37.0. The van der Waals surface area contributed by atoms with Gasteiger partial charge in [-0.1, -0.05) is 190 Å². The van der Waals surface area contributed by atoms with Crippen LogP contribution in [-0.4, -0.2) is 16.2 Å². The van der Waals surface area contributed by atoms with Gasteiger partial charge in [0.1, 0.15) is 29.8 Å². The summed E-state index contributed by atoms with van der Waals surface area (Å²) in [6, 6.07) is 61.1. The lowest BCUT2D eigenvalue weighted by molar-refractivity contribution is 0.483. The Kier molecular flexibility index (Phi) is 14.2. The number of pyridine rings is 1. The van der Waals surface area contributed by atoms with Crippen molar-refractivity contribution in [3.63, 3.8) is 0 Å². The van der Waals surface area contributed by atoms with Crippen molar-refractivity contribution < 1.29 is 9.13 Å². The maximum Gasteiger partial charge on any atom is 0.137 e. The number of nitrogens with zero attached hydrogens (tertiary/aromatic N) is 4. The average molecular weight is 1090 g/mol. The standard InChI is InChI=1S/C76H81FN4O/c1-47(2)50-33-51(48(3)4)35-54(34-50)66-42-58(76(14,15)16)41-65(49-25-27-59(77)28-26-49)72(66)80-46-79(68-23-19-20-24-69(68)80)60-38-53(52-36-56(74(8,9)10)40-57(37-52)75(11,12)13)39-62(44-60)82-61-29-30-64-63-21-17-18-22-67(63)81(70(64)45-61)71-43-55(31-32-78-71)73(5,6)7/h17-45,47-48H,46H2,1-16H3. The lowest BCUT2D eigenvalue weighted by Gasteiger charge is -2.31. The van der Waals surface area contributed by atoms with Crippen molar-refractivity contribution in [3.05, 3.63) is 215 Å². The molecule has 0 N–H and O–H groups in total. The van der Waals surface area contributed by atoms with Gasteiger partial charge in [-0.3, -0.25) is 4.57 Å². The molecule has 0 fully saturated rings. The number of para-hydroxylation sites is 3. The van der Waals surface area contributed by atoms with Gasteiger partial charge in [-0.05, 0) is 168 Å². The molecule has 0 unspecified atom stereocenters. The highest BCUT2D eigenvalue weighted by Crippen LogP contribution is 2.53. The van der Waals surface area contributed by atoms with Crippen molar-refractivity contribution in [1.82, 2.24) is 9.55 Å². The van der Waals surface area contributed by atoms with Crippen molar-refractivity contribution in [2.75, 3.05) is 16.5 Å². The number of rotatable bonds is 10. The number of hydrogen-bond acceptors (Lipinski definition) is 4. The van der Waals surface area contributed by atoms with Gasteiger partial charge in [-0.25, -0.2) is 9.37 Å². The summed E-state index contributed by atoms with van der Waals surface area (Å²) in [5, 5.41) is 2.29. The molecule has 3 heterocycles. The molecule has 418 valence electrons. The van der Waals surface area contributed by atoms with Crippen LogP contribution in [0.4, 0.5) is 27.1 Å². The SMILES string of the molecule is CC(C)c1cc(-c2cc(C(C)(C)C)cc(-c3ccc(F)cc3)c2N2CN(c3cc(Oc4ccc5c6ccccc6n(-c6cc(C(C)(C)C)ccn6)c5c4)cc(-c4cc(C(C)(C)C)cc(C(C)(C)C)c4)c3)c3ccccc32)cc(C(C)C)c1. The maximum absolute atomic E-state index is 15.0. The summed E-state index contributed by atoms with van der Waals surface area (Å²) in [7, 11) is 0. The predicted octanol–water partition coefficient (Wildman–Crippen LogP) is 21.8. The van der Waals surface area contributed by atoms with Crippen molar-refractivity contribution in [2.24, 2.45) is 0 Å². The quantitative estimate of drug-likeness (QED) is 0.137. The van der Waals surface area contributed by atoms with Crippen molar-refractivity contribution >= 4 is 44.6 Å². The minimum atomic E-state index is -0.257. The van der Waals surface area contributed by atoms with E-state index in [0.717, 1.165) is 89.7 Å². The van der Waals surface area contributed by atoms with E-state index in [4.69, 9.17) is 9.72 Å². The van der Waals surface area contributed by atoms with Crippen molar-refractivity contribution in [3.8, 4) is 50.7 Å². The van der Waals surface area contributed by atoms with Gasteiger partial charge < -0.3 is 14.5 Å². The number of aromatic nitrogens is 2. The lowest BCUT2D eigenvalue weighted by Crippen LogP contribution is -2.25. The molecule has 0 atom stereocenters. The van der Waals surface area contributed by atoms with Crippen molar-refractivity contribution in [2.45, 2.75) is 144 Å². The van der Waals surface area contributed by atoms with Gasteiger partial charge in [0.25, 0.3) is 0 Å². The van der Waals surface area contributed by atoms with E-state index < -0.39 is 0 Å². The smallest absolute Gasteiger partial charge is 0.137 e. The molecule has 5 nitrogen and oxygen atoms in total. The largest absolute Gasteiger partial charge is 0.457 e. The second kappa shape index (κ2) is 20.8. The first-order chi connectivity index (χ1) is 38.7. The number of hydrogen-bond donors (Lipinski definition) is 0. The molecule has 0 radical (unpaired) electrons. The molecule has 0 aliphatic carbocycles. The third kappa shape index (κ3) is 10.9. The van der Waals surface area contributed by atoms with Gasteiger partial charge in [0.15, 0.2) is 0 Å². The average Bonchev–Trinajstić information content (AvgIpc) is 2.45.